The van der Waals surface area contributed by atoms with Crippen molar-refractivity contribution in [3.8, 4) is 0 Å². The second kappa shape index (κ2) is 5.21. The Bertz CT molecular complexity index is 900. The van der Waals surface area contributed by atoms with Crippen LogP contribution >= 0.6 is 11.3 Å². The highest BCUT2D eigenvalue weighted by Crippen LogP contribution is 2.27. The number of hydrogen-bond acceptors (Lipinski definition) is 8. The van der Waals surface area contributed by atoms with Crippen molar-refractivity contribution in [2.24, 2.45) is 10.4 Å². The molecule has 3 aromatic rings. The maximum absolute atomic E-state index is 12.0. The van der Waals surface area contributed by atoms with E-state index >= 15 is 0 Å². The van der Waals surface area contributed by atoms with E-state index in [2.05, 4.69) is 20.4 Å². The summed E-state index contributed by atoms with van der Waals surface area (Å²) in [6.07, 6.45) is 1.62. The van der Waals surface area contributed by atoms with E-state index in [0.29, 0.717) is 15.8 Å². The molecule has 0 bridgehead atoms. The molecule has 1 aliphatic rings. The highest BCUT2D eigenvalue weighted by Gasteiger charge is 2.37. The van der Waals surface area contributed by atoms with Gasteiger partial charge in [0.15, 0.2) is 5.65 Å². The van der Waals surface area contributed by atoms with Gasteiger partial charge >= 0.3 is 0 Å². The first-order valence-electron chi connectivity index (χ1n) is 6.51. The zero-order valence-corrected chi connectivity index (χ0v) is 12.2. The number of aromatic nitrogens is 2. The van der Waals surface area contributed by atoms with Crippen molar-refractivity contribution in [3.63, 3.8) is 0 Å². The Morgan fingerprint density at radius 2 is 1.78 bits per heavy atom. The number of amides is 2. The molecule has 4 rings (SSSR count). The molecule has 8 nitrogen and oxygen atoms in total. The Morgan fingerprint density at radius 1 is 1.04 bits per heavy atom. The standard InChI is InChI=1S/C14H7N5O3S/c20-12-8-4-1-2-5-9(8)13(21)19(12)22-18-17-14-16-11-10(23-14)6-3-7-15-11/h1-7H. The van der Waals surface area contributed by atoms with Crippen LogP contribution < -0.4 is 0 Å². The third kappa shape index (κ3) is 2.23. The molecule has 3 heterocycles. The minimum absolute atomic E-state index is 0.275. The van der Waals surface area contributed by atoms with Crippen molar-refractivity contribution in [1.29, 1.82) is 0 Å². The Morgan fingerprint density at radius 3 is 2.48 bits per heavy atom. The Balaban J connectivity index is 1.53. The monoisotopic (exact) mass is 325 g/mol. The lowest BCUT2D eigenvalue weighted by Gasteiger charge is -2.06. The van der Waals surface area contributed by atoms with E-state index in [4.69, 9.17) is 4.94 Å². The third-order valence-corrected chi connectivity index (χ3v) is 4.05. The second-order valence-electron chi connectivity index (χ2n) is 4.54. The number of thiazole rings is 1. The molecule has 1 aromatic carbocycles. The smallest absolute Gasteiger partial charge is 0.265 e. The highest BCUT2D eigenvalue weighted by molar-refractivity contribution is 7.21. The largest absolute Gasteiger partial charge is 0.297 e. The first kappa shape index (κ1) is 13.5. The van der Waals surface area contributed by atoms with Gasteiger partial charge in [-0.2, -0.15) is 4.98 Å². The van der Waals surface area contributed by atoms with Crippen LogP contribution in [0.25, 0.3) is 10.3 Å². The van der Waals surface area contributed by atoms with Crippen LogP contribution in [0.3, 0.4) is 0 Å². The summed E-state index contributed by atoms with van der Waals surface area (Å²) in [5, 5.41) is 8.08. The average molecular weight is 325 g/mol. The number of hydrogen-bond donors (Lipinski definition) is 0. The molecule has 0 saturated heterocycles. The summed E-state index contributed by atoms with van der Waals surface area (Å²) in [4.78, 5) is 37.2. The minimum Gasteiger partial charge on any atom is -0.265 e. The fourth-order valence-electron chi connectivity index (χ4n) is 2.13. The van der Waals surface area contributed by atoms with Gasteiger partial charge in [0.05, 0.1) is 21.1 Å². The van der Waals surface area contributed by atoms with Gasteiger partial charge in [-0.25, -0.2) is 9.92 Å². The highest BCUT2D eigenvalue weighted by atomic mass is 32.1. The van der Waals surface area contributed by atoms with Crippen molar-refractivity contribution in [3.05, 3.63) is 53.7 Å². The lowest BCUT2D eigenvalue weighted by Crippen LogP contribution is -2.27. The van der Waals surface area contributed by atoms with E-state index in [1.807, 2.05) is 6.07 Å². The topological polar surface area (TPSA) is 97.1 Å². The number of rotatable bonds is 3. The van der Waals surface area contributed by atoms with Crippen molar-refractivity contribution < 1.29 is 14.5 Å². The molecular formula is C14H7N5O3S. The molecule has 0 spiro atoms. The molecule has 0 unspecified atom stereocenters. The zero-order chi connectivity index (χ0) is 15.8. The van der Waals surface area contributed by atoms with E-state index in [-0.39, 0.29) is 11.1 Å². The molecular weight excluding hydrogens is 318 g/mol. The molecule has 0 radical (unpaired) electrons. The van der Waals surface area contributed by atoms with Crippen molar-refractivity contribution in [2.75, 3.05) is 0 Å². The number of imide groups is 1. The van der Waals surface area contributed by atoms with Gasteiger partial charge in [-0.05, 0) is 24.3 Å². The number of benzene rings is 1. The van der Waals surface area contributed by atoms with Crippen LogP contribution in [-0.4, -0.2) is 26.8 Å². The van der Waals surface area contributed by atoms with Crippen LogP contribution in [0.4, 0.5) is 5.13 Å². The van der Waals surface area contributed by atoms with Crippen LogP contribution in [-0.2, 0) is 4.94 Å². The van der Waals surface area contributed by atoms with Gasteiger partial charge in [0.1, 0.15) is 0 Å². The van der Waals surface area contributed by atoms with Gasteiger partial charge < -0.3 is 0 Å². The number of nitrogens with zero attached hydrogens (tertiary/aromatic N) is 5. The van der Waals surface area contributed by atoms with Gasteiger partial charge in [0.2, 0.25) is 5.13 Å². The number of hydroxylamine groups is 2. The molecule has 9 heteroatoms. The van der Waals surface area contributed by atoms with E-state index < -0.39 is 11.8 Å². The van der Waals surface area contributed by atoms with Gasteiger partial charge in [-0.3, -0.25) is 9.59 Å². The molecule has 2 aromatic heterocycles. The molecule has 0 saturated carbocycles. The second-order valence-corrected chi connectivity index (χ2v) is 5.54. The van der Waals surface area contributed by atoms with Crippen molar-refractivity contribution >= 4 is 38.6 Å². The van der Waals surface area contributed by atoms with Crippen molar-refractivity contribution in [1.82, 2.24) is 15.0 Å². The summed E-state index contributed by atoms with van der Waals surface area (Å²) >= 11 is 1.27. The molecule has 1 aliphatic heterocycles. The van der Waals surface area contributed by atoms with Gasteiger partial charge in [-0.1, -0.05) is 33.6 Å². The number of carbonyl (C=O) groups is 2. The van der Waals surface area contributed by atoms with Crippen LogP contribution in [0, 0.1) is 0 Å². The fourth-order valence-corrected chi connectivity index (χ4v) is 2.87. The Labute approximate surface area is 133 Å². The Kier molecular flexibility index (Phi) is 3.05. The molecule has 0 fully saturated rings. The summed E-state index contributed by atoms with van der Waals surface area (Å²) in [6, 6.07) is 10.1. The number of fused-ring (bicyclic) bond motifs is 2. The predicted octanol–water partition coefficient (Wildman–Crippen LogP) is 2.92. The quantitative estimate of drug-likeness (QED) is 0.419. The van der Waals surface area contributed by atoms with E-state index in [9.17, 15) is 9.59 Å². The summed E-state index contributed by atoms with van der Waals surface area (Å²) in [6.45, 7) is 0. The van der Waals surface area contributed by atoms with E-state index in [1.165, 1.54) is 11.3 Å². The lowest BCUT2D eigenvalue weighted by molar-refractivity contribution is -0.0981. The lowest BCUT2D eigenvalue weighted by atomic mass is 10.1. The molecule has 0 aliphatic carbocycles. The molecule has 112 valence electrons. The minimum atomic E-state index is -0.574. The van der Waals surface area contributed by atoms with Crippen LogP contribution in [0.5, 0.6) is 0 Å². The first-order chi connectivity index (χ1) is 11.2. The van der Waals surface area contributed by atoms with Gasteiger partial charge in [0.25, 0.3) is 11.8 Å². The molecule has 23 heavy (non-hydrogen) atoms. The van der Waals surface area contributed by atoms with E-state index in [1.54, 1.807) is 36.5 Å². The maximum atomic E-state index is 12.0. The summed E-state index contributed by atoms with van der Waals surface area (Å²) in [5.41, 5.74) is 1.10. The van der Waals surface area contributed by atoms with E-state index in [0.717, 1.165) is 4.70 Å². The zero-order valence-electron chi connectivity index (χ0n) is 11.4. The first-order valence-corrected chi connectivity index (χ1v) is 7.33. The Hall–Kier alpha value is -3.20. The summed E-state index contributed by atoms with van der Waals surface area (Å²) in [7, 11) is 0. The van der Waals surface area contributed by atoms with Crippen LogP contribution in [0.15, 0.2) is 53.0 Å². The maximum Gasteiger partial charge on any atom is 0.297 e. The predicted molar refractivity (Wildman–Crippen MR) is 80.0 cm³/mol. The SMILES string of the molecule is O=C1c2ccccc2C(=O)N1ON=Nc1nc2ncccc2s1. The van der Waals surface area contributed by atoms with Gasteiger partial charge in [-0.15, -0.1) is 0 Å². The summed E-state index contributed by atoms with van der Waals surface area (Å²) in [5.74, 6) is -1.15. The summed E-state index contributed by atoms with van der Waals surface area (Å²) < 4.78 is 0.849. The molecule has 2 amide bonds. The average Bonchev–Trinajstić information content (AvgIpc) is 3.09. The normalized spacial score (nSPS) is 14.0. The third-order valence-electron chi connectivity index (χ3n) is 3.15. The molecule has 0 atom stereocenters. The fraction of sp³-hybridized carbons (Fsp3) is 0. The van der Waals surface area contributed by atoms with Gasteiger partial charge in [0, 0.05) is 6.20 Å². The van der Waals surface area contributed by atoms with Crippen LogP contribution in [0.2, 0.25) is 0 Å². The number of carbonyl (C=O) groups excluding carboxylic acids is 2. The number of pyridine rings is 1. The van der Waals surface area contributed by atoms with Crippen molar-refractivity contribution in [2.45, 2.75) is 0 Å². The van der Waals surface area contributed by atoms with Crippen LogP contribution in [0.1, 0.15) is 20.7 Å². The molecule has 0 N–H and O–H groups in total.